The summed E-state index contributed by atoms with van der Waals surface area (Å²) in [6.07, 6.45) is 2.01. The van der Waals surface area contributed by atoms with Crippen molar-refractivity contribution >= 4 is 11.6 Å². The quantitative estimate of drug-likeness (QED) is 0.719. The first kappa shape index (κ1) is 11.3. The molecule has 1 aliphatic heterocycles. The summed E-state index contributed by atoms with van der Waals surface area (Å²) in [5.74, 6) is 0. The van der Waals surface area contributed by atoms with Gasteiger partial charge in [0.15, 0.2) is 0 Å². The molecular formula is C21H26ClNO. The van der Waals surface area contributed by atoms with Gasteiger partial charge >= 0.3 is 0 Å². The highest BCUT2D eigenvalue weighted by Crippen LogP contribution is 2.34. The number of rotatable bonds is 6. The van der Waals surface area contributed by atoms with E-state index in [1.807, 2.05) is 6.07 Å². The van der Waals surface area contributed by atoms with Crippen LogP contribution in [0.1, 0.15) is 45.5 Å². The zero-order valence-electron chi connectivity index (χ0n) is 19.5. The van der Waals surface area contributed by atoms with E-state index in [9.17, 15) is 0 Å². The Morgan fingerprint density at radius 2 is 1.92 bits per heavy atom. The first-order valence-electron chi connectivity index (χ1n) is 11.3. The molecule has 0 aliphatic carbocycles. The molecule has 2 atom stereocenters. The second kappa shape index (κ2) is 7.69. The van der Waals surface area contributed by atoms with Gasteiger partial charge in [-0.25, -0.2) is 0 Å². The summed E-state index contributed by atoms with van der Waals surface area (Å²) in [6.45, 7) is -4.02. The van der Waals surface area contributed by atoms with E-state index < -0.39 is 19.4 Å². The zero-order valence-corrected chi connectivity index (χ0v) is 14.3. The second-order valence-electron chi connectivity index (χ2n) is 6.18. The molecule has 1 saturated heterocycles. The van der Waals surface area contributed by atoms with Gasteiger partial charge in [0.25, 0.3) is 0 Å². The smallest absolute Gasteiger partial charge is 0.115 e. The van der Waals surface area contributed by atoms with E-state index in [4.69, 9.17) is 24.6 Å². The molecule has 0 unspecified atom stereocenters. The van der Waals surface area contributed by atoms with Crippen LogP contribution >= 0.6 is 11.6 Å². The van der Waals surface area contributed by atoms with Crippen LogP contribution in [0, 0.1) is 0 Å². The highest BCUT2D eigenvalue weighted by molar-refractivity contribution is 6.30. The predicted molar refractivity (Wildman–Crippen MR) is 101 cm³/mol. The number of halogens is 1. The Hall–Kier alpha value is -1.35. The molecule has 3 rings (SSSR count). The summed E-state index contributed by atoms with van der Waals surface area (Å²) < 4.78 is 54.5. The maximum Gasteiger partial charge on any atom is 0.115 e. The average Bonchev–Trinajstić information content (AvgIpc) is 3.15. The lowest BCUT2D eigenvalue weighted by atomic mass is 9.88. The normalized spacial score (nSPS) is 25.6. The minimum absolute atomic E-state index is 0.118. The van der Waals surface area contributed by atoms with Crippen molar-refractivity contribution in [2.24, 2.45) is 0 Å². The van der Waals surface area contributed by atoms with Crippen molar-refractivity contribution < 1.29 is 13.0 Å². The number of likely N-dealkylation sites (tertiary alicyclic amines) is 1. The fraction of sp³-hybridized carbons (Fsp3) is 0.429. The standard InChI is InChI=1S/C21H26ClNO/c1-21(17-7-4-3-5-8-17,18-10-12-19(22)13-11-18)24-16-14-20-9-6-15-23(20)2/h3-5,7-8,10-13,20H,6,9,14-16H2,1-2H3/t20-,21+/m1/s1/i1D3,2D3. The summed E-state index contributed by atoms with van der Waals surface area (Å²) in [6, 6.07) is 15.4. The number of hydrogen-bond donors (Lipinski definition) is 0. The van der Waals surface area contributed by atoms with Gasteiger partial charge in [-0.3, -0.25) is 0 Å². The van der Waals surface area contributed by atoms with Gasteiger partial charge < -0.3 is 9.64 Å². The minimum atomic E-state index is -2.50. The molecule has 2 aromatic carbocycles. The molecule has 2 nitrogen and oxygen atoms in total. The van der Waals surface area contributed by atoms with Gasteiger partial charge in [-0.05, 0) is 62.9 Å². The first-order valence-corrected chi connectivity index (χ1v) is 8.66. The Kier molecular flexibility index (Phi) is 3.62. The van der Waals surface area contributed by atoms with Crippen LogP contribution in [0.15, 0.2) is 54.6 Å². The highest BCUT2D eigenvalue weighted by atomic mass is 35.5. The molecule has 1 heterocycles. The fourth-order valence-electron chi connectivity index (χ4n) is 3.17. The summed E-state index contributed by atoms with van der Waals surface area (Å²) in [4.78, 5) is 1.51. The van der Waals surface area contributed by atoms with Crippen LogP contribution in [-0.2, 0) is 10.3 Å². The number of ether oxygens (including phenoxy) is 1. The van der Waals surface area contributed by atoms with Crippen molar-refractivity contribution in [2.45, 2.75) is 37.8 Å². The van der Waals surface area contributed by atoms with Gasteiger partial charge in [-0.2, -0.15) is 0 Å². The van der Waals surface area contributed by atoms with E-state index in [2.05, 4.69) is 0 Å². The Balaban J connectivity index is 1.93. The number of nitrogens with zero attached hydrogens (tertiary/aromatic N) is 1. The lowest BCUT2D eigenvalue weighted by Gasteiger charge is -2.32. The van der Waals surface area contributed by atoms with Crippen molar-refractivity contribution in [3.05, 3.63) is 70.7 Å². The van der Waals surface area contributed by atoms with E-state index in [1.54, 1.807) is 48.5 Å². The highest BCUT2D eigenvalue weighted by Gasteiger charge is 2.30. The van der Waals surface area contributed by atoms with Crippen LogP contribution in [0.25, 0.3) is 0 Å². The van der Waals surface area contributed by atoms with Crippen LogP contribution in [0.4, 0.5) is 0 Å². The third-order valence-corrected chi connectivity index (χ3v) is 4.83. The summed E-state index contributed by atoms with van der Waals surface area (Å²) in [7, 11) is 0. The molecule has 1 aliphatic rings. The van der Waals surface area contributed by atoms with E-state index >= 15 is 0 Å². The molecule has 0 bridgehead atoms. The molecule has 0 aromatic heterocycles. The minimum Gasteiger partial charge on any atom is -0.366 e. The lowest BCUT2D eigenvalue weighted by molar-refractivity contribution is -0.0117. The predicted octanol–water partition coefficient (Wildman–Crippen LogP) is 5.10. The van der Waals surface area contributed by atoms with Gasteiger partial charge in [-0.15, -0.1) is 0 Å². The van der Waals surface area contributed by atoms with Crippen LogP contribution in [0.3, 0.4) is 0 Å². The van der Waals surface area contributed by atoms with Crippen LogP contribution < -0.4 is 0 Å². The van der Waals surface area contributed by atoms with Crippen molar-refractivity contribution in [3.63, 3.8) is 0 Å². The SMILES string of the molecule is [2H]C([2H])([2H])N1CCC[C@@H]1CCO[C@@](c1ccccc1)(c1ccc(Cl)cc1)C([2H])([2H])[2H]. The molecule has 0 radical (unpaired) electrons. The van der Waals surface area contributed by atoms with Crippen LogP contribution in [0.2, 0.25) is 5.02 Å². The molecule has 2 aromatic rings. The molecule has 0 saturated carbocycles. The molecular weight excluding hydrogens is 318 g/mol. The zero-order chi connectivity index (χ0) is 22.0. The van der Waals surface area contributed by atoms with Gasteiger partial charge in [0.05, 0.1) is 0 Å². The third-order valence-electron chi connectivity index (χ3n) is 4.58. The average molecular weight is 350 g/mol. The van der Waals surface area contributed by atoms with Crippen molar-refractivity contribution in [1.29, 1.82) is 0 Å². The van der Waals surface area contributed by atoms with E-state index in [1.165, 1.54) is 4.90 Å². The first-order chi connectivity index (χ1) is 14.1. The molecule has 128 valence electrons. The van der Waals surface area contributed by atoms with Gasteiger partial charge in [0, 0.05) is 25.9 Å². The molecule has 0 spiro atoms. The van der Waals surface area contributed by atoms with Gasteiger partial charge in [-0.1, -0.05) is 54.1 Å². The summed E-state index contributed by atoms with van der Waals surface area (Å²) in [5.41, 5.74) is -0.675. The lowest BCUT2D eigenvalue weighted by Crippen LogP contribution is -2.31. The maximum absolute atomic E-state index is 8.37. The molecule has 0 amide bonds. The largest absolute Gasteiger partial charge is 0.366 e. The van der Waals surface area contributed by atoms with E-state index in [0.29, 0.717) is 29.1 Å². The van der Waals surface area contributed by atoms with Crippen LogP contribution in [-0.4, -0.2) is 31.1 Å². The number of hydrogen-bond acceptors (Lipinski definition) is 2. The van der Waals surface area contributed by atoms with Crippen molar-refractivity contribution in [2.75, 3.05) is 20.1 Å². The molecule has 24 heavy (non-hydrogen) atoms. The van der Waals surface area contributed by atoms with Crippen molar-refractivity contribution in [3.8, 4) is 0 Å². The summed E-state index contributed by atoms with van der Waals surface area (Å²) in [5, 5.41) is 0.505. The molecule has 3 heteroatoms. The van der Waals surface area contributed by atoms with Gasteiger partial charge in [0.1, 0.15) is 5.60 Å². The Morgan fingerprint density at radius 3 is 2.62 bits per heavy atom. The Morgan fingerprint density at radius 1 is 1.17 bits per heavy atom. The van der Waals surface area contributed by atoms with Crippen molar-refractivity contribution in [1.82, 2.24) is 4.90 Å². The van der Waals surface area contributed by atoms with Gasteiger partial charge in [0.2, 0.25) is 0 Å². The summed E-state index contributed by atoms with van der Waals surface area (Å²) >= 11 is 6.03. The Bertz CT molecular complexity index is 824. The molecule has 1 fully saturated rings. The topological polar surface area (TPSA) is 12.5 Å². The fourth-order valence-corrected chi connectivity index (χ4v) is 3.30. The van der Waals surface area contributed by atoms with E-state index in [0.717, 1.165) is 12.8 Å². The monoisotopic (exact) mass is 349 g/mol. The Labute approximate surface area is 158 Å². The number of benzene rings is 2. The third kappa shape index (κ3) is 3.83. The molecule has 0 N–H and O–H groups in total. The van der Waals surface area contributed by atoms with E-state index in [-0.39, 0.29) is 12.6 Å². The second-order valence-corrected chi connectivity index (χ2v) is 6.62. The van der Waals surface area contributed by atoms with Crippen LogP contribution in [0.5, 0.6) is 0 Å². The maximum atomic E-state index is 8.37.